The van der Waals surface area contributed by atoms with Crippen molar-refractivity contribution in [1.29, 1.82) is 0 Å². The molecule has 1 aromatic carbocycles. The molecule has 6 nitrogen and oxygen atoms in total. The van der Waals surface area contributed by atoms with Gasteiger partial charge >= 0.3 is 0 Å². The molecule has 1 aliphatic heterocycles. The van der Waals surface area contributed by atoms with E-state index in [1.807, 2.05) is 13.8 Å². The molecular formula is C15H19ClFN3O3. The molecule has 1 aromatic heterocycles. The van der Waals surface area contributed by atoms with Crippen molar-refractivity contribution in [1.82, 2.24) is 9.55 Å². The smallest absolute Gasteiger partial charge is 0.206 e. The molecule has 0 aliphatic carbocycles. The molecule has 1 aliphatic rings. The summed E-state index contributed by atoms with van der Waals surface area (Å²) in [6.07, 6.45) is -3.51. The van der Waals surface area contributed by atoms with Crippen molar-refractivity contribution < 1.29 is 19.3 Å². The number of aromatic nitrogens is 2. The maximum absolute atomic E-state index is 13.7. The van der Waals surface area contributed by atoms with Crippen LogP contribution in [0.15, 0.2) is 12.1 Å². The fraction of sp³-hybridized carbons (Fsp3) is 0.533. The summed E-state index contributed by atoms with van der Waals surface area (Å²) in [6, 6.07) is 2.74. The summed E-state index contributed by atoms with van der Waals surface area (Å²) in [7, 11) is 0. The minimum absolute atomic E-state index is 0.0455. The Morgan fingerprint density at radius 2 is 2.04 bits per heavy atom. The zero-order chi connectivity index (χ0) is 16.9. The molecule has 0 amide bonds. The lowest BCUT2D eigenvalue weighted by Crippen LogP contribution is -2.31. The van der Waals surface area contributed by atoms with Gasteiger partial charge in [0.25, 0.3) is 0 Å². The maximum atomic E-state index is 13.7. The topological polar surface area (TPSA) is 79.5 Å². The summed E-state index contributed by atoms with van der Waals surface area (Å²) in [6.45, 7) is 5.54. The van der Waals surface area contributed by atoms with Gasteiger partial charge in [0.1, 0.15) is 18.0 Å². The van der Waals surface area contributed by atoms with E-state index in [4.69, 9.17) is 16.3 Å². The number of aliphatic hydroxyl groups excluding tert-OH is 2. The molecule has 1 fully saturated rings. The molecule has 0 radical (unpaired) electrons. The minimum atomic E-state index is -1.13. The van der Waals surface area contributed by atoms with Crippen LogP contribution in [0.4, 0.5) is 10.3 Å². The van der Waals surface area contributed by atoms with Crippen molar-refractivity contribution in [2.45, 2.75) is 51.4 Å². The molecule has 23 heavy (non-hydrogen) atoms. The molecule has 0 saturated carbocycles. The SMILES string of the molecule is CC(C)Nc1nc2cc(F)c(Cl)cc2n1[C@@H]1O[C@H](C)[C@@H](O)[C@H]1O. The highest BCUT2D eigenvalue weighted by molar-refractivity contribution is 6.31. The number of ether oxygens (including phenoxy) is 1. The molecule has 0 unspecified atom stereocenters. The van der Waals surface area contributed by atoms with Crippen LogP contribution in [0.25, 0.3) is 11.0 Å². The molecule has 2 aromatic rings. The number of benzene rings is 1. The summed E-state index contributed by atoms with van der Waals surface area (Å²) in [5.74, 6) is -0.150. The number of hydrogen-bond donors (Lipinski definition) is 3. The Balaban J connectivity index is 2.18. The second kappa shape index (κ2) is 5.90. The van der Waals surface area contributed by atoms with E-state index in [0.717, 1.165) is 0 Å². The fourth-order valence-electron chi connectivity index (χ4n) is 2.75. The highest BCUT2D eigenvalue weighted by atomic mass is 35.5. The average molecular weight is 344 g/mol. The summed E-state index contributed by atoms with van der Waals surface area (Å²) < 4.78 is 21.0. The van der Waals surface area contributed by atoms with Gasteiger partial charge < -0.3 is 20.3 Å². The number of rotatable bonds is 3. The normalized spacial score (nSPS) is 28.0. The molecule has 126 valence electrons. The van der Waals surface area contributed by atoms with Crippen LogP contribution in [0.2, 0.25) is 5.02 Å². The third kappa shape index (κ3) is 2.78. The monoisotopic (exact) mass is 343 g/mol. The summed E-state index contributed by atoms with van der Waals surface area (Å²) >= 11 is 5.89. The second-order valence-corrected chi connectivity index (χ2v) is 6.48. The summed E-state index contributed by atoms with van der Waals surface area (Å²) in [4.78, 5) is 4.36. The van der Waals surface area contributed by atoms with Crippen LogP contribution < -0.4 is 5.32 Å². The number of hydrogen-bond acceptors (Lipinski definition) is 5. The van der Waals surface area contributed by atoms with Crippen LogP contribution in [0, 0.1) is 5.82 Å². The highest BCUT2D eigenvalue weighted by Crippen LogP contribution is 2.36. The summed E-state index contributed by atoms with van der Waals surface area (Å²) in [5.41, 5.74) is 0.907. The first-order chi connectivity index (χ1) is 10.8. The Bertz CT molecular complexity index is 736. The van der Waals surface area contributed by atoms with Crippen LogP contribution in [0.3, 0.4) is 0 Å². The Labute approximate surface area is 137 Å². The lowest BCUT2D eigenvalue weighted by atomic mass is 10.1. The average Bonchev–Trinajstić information content (AvgIpc) is 2.91. The van der Waals surface area contributed by atoms with E-state index in [-0.39, 0.29) is 11.1 Å². The second-order valence-electron chi connectivity index (χ2n) is 6.07. The number of anilines is 1. The van der Waals surface area contributed by atoms with Crippen molar-refractivity contribution in [2.75, 3.05) is 5.32 Å². The van der Waals surface area contributed by atoms with E-state index in [2.05, 4.69) is 10.3 Å². The van der Waals surface area contributed by atoms with E-state index in [1.165, 1.54) is 12.1 Å². The van der Waals surface area contributed by atoms with E-state index in [1.54, 1.807) is 11.5 Å². The predicted molar refractivity (Wildman–Crippen MR) is 85.1 cm³/mol. The number of aliphatic hydroxyl groups is 2. The Kier molecular flexibility index (Phi) is 4.22. The van der Waals surface area contributed by atoms with Crippen molar-refractivity contribution in [2.24, 2.45) is 0 Å². The predicted octanol–water partition coefficient (Wildman–Crippen LogP) is 2.29. The van der Waals surface area contributed by atoms with Crippen LogP contribution >= 0.6 is 11.6 Å². The first-order valence-electron chi connectivity index (χ1n) is 7.44. The third-order valence-electron chi connectivity index (χ3n) is 3.88. The zero-order valence-corrected chi connectivity index (χ0v) is 13.8. The Hall–Kier alpha value is -1.41. The molecule has 3 rings (SSSR count). The molecule has 0 bridgehead atoms. The lowest BCUT2D eigenvalue weighted by molar-refractivity contribution is -0.0284. The van der Waals surface area contributed by atoms with Crippen molar-refractivity contribution in [3.63, 3.8) is 0 Å². The number of halogens is 2. The quantitative estimate of drug-likeness (QED) is 0.797. The maximum Gasteiger partial charge on any atom is 0.206 e. The van der Waals surface area contributed by atoms with E-state index in [0.29, 0.717) is 17.0 Å². The van der Waals surface area contributed by atoms with Gasteiger partial charge in [-0.2, -0.15) is 0 Å². The number of imidazole rings is 1. The molecule has 4 atom stereocenters. The van der Waals surface area contributed by atoms with Gasteiger partial charge in [-0.25, -0.2) is 9.37 Å². The van der Waals surface area contributed by atoms with Gasteiger partial charge in [0.2, 0.25) is 5.95 Å². The standard InChI is InChI=1S/C15H19ClFN3O3/c1-6(2)18-15-19-10-5-9(17)8(16)4-11(10)20(15)14-13(22)12(21)7(3)23-14/h4-7,12-14,21-22H,1-3H3,(H,18,19)/t7-,12-,13-,14-/m1/s1. The minimum Gasteiger partial charge on any atom is -0.388 e. The van der Waals surface area contributed by atoms with E-state index >= 15 is 0 Å². The van der Waals surface area contributed by atoms with Crippen LogP contribution in [0.1, 0.15) is 27.0 Å². The van der Waals surface area contributed by atoms with E-state index in [9.17, 15) is 14.6 Å². The Morgan fingerprint density at radius 1 is 1.35 bits per heavy atom. The van der Waals surface area contributed by atoms with Crippen LogP contribution in [0.5, 0.6) is 0 Å². The molecular weight excluding hydrogens is 325 g/mol. The zero-order valence-electron chi connectivity index (χ0n) is 13.0. The first kappa shape index (κ1) is 16.4. The molecule has 0 spiro atoms. The fourth-order valence-corrected chi connectivity index (χ4v) is 2.91. The van der Waals surface area contributed by atoms with Gasteiger partial charge in [0.15, 0.2) is 6.23 Å². The molecule has 3 N–H and O–H groups in total. The number of nitrogens with zero attached hydrogens (tertiary/aromatic N) is 2. The van der Waals surface area contributed by atoms with Gasteiger partial charge in [0.05, 0.1) is 22.2 Å². The molecule has 2 heterocycles. The van der Waals surface area contributed by atoms with Crippen LogP contribution in [-0.2, 0) is 4.74 Å². The van der Waals surface area contributed by atoms with Crippen molar-refractivity contribution in [3.8, 4) is 0 Å². The third-order valence-corrected chi connectivity index (χ3v) is 4.17. The largest absolute Gasteiger partial charge is 0.388 e. The van der Waals surface area contributed by atoms with Gasteiger partial charge in [0, 0.05) is 12.1 Å². The first-order valence-corrected chi connectivity index (χ1v) is 7.82. The van der Waals surface area contributed by atoms with Gasteiger partial charge in [-0.3, -0.25) is 4.57 Å². The van der Waals surface area contributed by atoms with Crippen molar-refractivity contribution >= 4 is 28.6 Å². The number of nitrogens with one attached hydrogen (secondary N) is 1. The van der Waals surface area contributed by atoms with Gasteiger partial charge in [-0.1, -0.05) is 11.6 Å². The number of fused-ring (bicyclic) bond motifs is 1. The summed E-state index contributed by atoms with van der Waals surface area (Å²) in [5, 5.41) is 23.3. The van der Waals surface area contributed by atoms with Gasteiger partial charge in [-0.05, 0) is 26.8 Å². The lowest BCUT2D eigenvalue weighted by Gasteiger charge is -2.21. The highest BCUT2D eigenvalue weighted by Gasteiger charge is 2.42. The van der Waals surface area contributed by atoms with Crippen molar-refractivity contribution in [3.05, 3.63) is 23.0 Å². The molecule has 1 saturated heterocycles. The molecule has 8 heteroatoms. The van der Waals surface area contributed by atoms with Gasteiger partial charge in [-0.15, -0.1) is 0 Å². The van der Waals surface area contributed by atoms with Crippen LogP contribution in [-0.4, -0.2) is 44.1 Å². The Morgan fingerprint density at radius 3 is 2.61 bits per heavy atom. The van der Waals surface area contributed by atoms with E-state index < -0.39 is 30.4 Å².